The molecule has 0 aromatic carbocycles. The standard InChI is InChI=1S/C9H20N2O2/c1-5-13-9(3,4)6-11-8(12)7(2)10/h7H,5-6,10H2,1-4H3,(H,11,12)/t7-/m1/s1. The Balaban J connectivity index is 3.80. The van der Waals surface area contributed by atoms with Crippen molar-refractivity contribution in [3.8, 4) is 0 Å². The summed E-state index contributed by atoms with van der Waals surface area (Å²) in [6.07, 6.45) is 0. The highest BCUT2D eigenvalue weighted by molar-refractivity contribution is 5.80. The number of carbonyl (C=O) groups is 1. The van der Waals surface area contributed by atoms with Crippen LogP contribution >= 0.6 is 0 Å². The molecule has 1 atom stereocenters. The van der Waals surface area contributed by atoms with E-state index >= 15 is 0 Å². The number of nitrogens with one attached hydrogen (secondary N) is 1. The fraction of sp³-hybridized carbons (Fsp3) is 0.889. The van der Waals surface area contributed by atoms with Gasteiger partial charge in [0.15, 0.2) is 0 Å². The summed E-state index contributed by atoms with van der Waals surface area (Å²) >= 11 is 0. The second-order valence-electron chi connectivity index (χ2n) is 3.70. The largest absolute Gasteiger partial charge is 0.374 e. The Morgan fingerprint density at radius 2 is 2.15 bits per heavy atom. The minimum absolute atomic E-state index is 0.146. The summed E-state index contributed by atoms with van der Waals surface area (Å²) in [5, 5.41) is 2.72. The SMILES string of the molecule is CCOC(C)(C)CNC(=O)[C@@H](C)N. The average Bonchev–Trinajstić information content (AvgIpc) is 2.00. The first kappa shape index (κ1) is 12.4. The van der Waals surface area contributed by atoms with Crippen molar-refractivity contribution < 1.29 is 9.53 Å². The molecule has 0 radical (unpaired) electrons. The summed E-state index contributed by atoms with van der Waals surface area (Å²) in [6.45, 7) is 8.57. The lowest BCUT2D eigenvalue weighted by Crippen LogP contribution is -2.45. The lowest BCUT2D eigenvalue weighted by atomic mass is 10.1. The first-order valence-corrected chi connectivity index (χ1v) is 4.56. The maximum Gasteiger partial charge on any atom is 0.236 e. The molecular weight excluding hydrogens is 168 g/mol. The molecule has 0 heterocycles. The van der Waals surface area contributed by atoms with E-state index in [1.807, 2.05) is 20.8 Å². The third kappa shape index (κ3) is 5.60. The molecule has 13 heavy (non-hydrogen) atoms. The van der Waals surface area contributed by atoms with E-state index < -0.39 is 6.04 Å². The quantitative estimate of drug-likeness (QED) is 0.650. The van der Waals surface area contributed by atoms with E-state index in [-0.39, 0.29) is 11.5 Å². The molecular formula is C9H20N2O2. The number of nitrogens with two attached hydrogens (primary N) is 1. The molecule has 0 rings (SSSR count). The summed E-state index contributed by atoms with van der Waals surface area (Å²) in [5.74, 6) is -0.146. The van der Waals surface area contributed by atoms with Crippen LogP contribution in [0.2, 0.25) is 0 Å². The first-order chi connectivity index (χ1) is 5.89. The van der Waals surface area contributed by atoms with Crippen LogP contribution < -0.4 is 11.1 Å². The second-order valence-corrected chi connectivity index (χ2v) is 3.70. The van der Waals surface area contributed by atoms with Crippen LogP contribution in [0.25, 0.3) is 0 Å². The van der Waals surface area contributed by atoms with E-state index in [1.54, 1.807) is 6.92 Å². The van der Waals surface area contributed by atoms with Crippen LogP contribution in [-0.2, 0) is 9.53 Å². The van der Waals surface area contributed by atoms with Crippen molar-refractivity contribution in [2.45, 2.75) is 39.3 Å². The van der Waals surface area contributed by atoms with Crippen LogP contribution in [0.5, 0.6) is 0 Å². The van der Waals surface area contributed by atoms with Gasteiger partial charge in [0.25, 0.3) is 0 Å². The monoisotopic (exact) mass is 188 g/mol. The van der Waals surface area contributed by atoms with Crippen molar-refractivity contribution in [3.63, 3.8) is 0 Å². The molecule has 4 nitrogen and oxygen atoms in total. The van der Waals surface area contributed by atoms with Crippen molar-refractivity contribution in [2.75, 3.05) is 13.2 Å². The molecule has 0 unspecified atom stereocenters. The first-order valence-electron chi connectivity index (χ1n) is 4.56. The second kappa shape index (κ2) is 5.19. The maximum absolute atomic E-state index is 11.1. The minimum atomic E-state index is -0.461. The Labute approximate surface area is 79.8 Å². The normalized spacial score (nSPS) is 13.9. The predicted octanol–water partition coefficient (Wildman–Crippen LogP) is 0.265. The molecule has 0 aromatic heterocycles. The van der Waals surface area contributed by atoms with Gasteiger partial charge in [0.05, 0.1) is 11.6 Å². The van der Waals surface area contributed by atoms with Crippen LogP contribution in [0, 0.1) is 0 Å². The van der Waals surface area contributed by atoms with Gasteiger partial charge in [-0.25, -0.2) is 0 Å². The zero-order chi connectivity index (χ0) is 10.5. The van der Waals surface area contributed by atoms with Crippen molar-refractivity contribution in [2.24, 2.45) is 5.73 Å². The van der Waals surface area contributed by atoms with Gasteiger partial charge >= 0.3 is 0 Å². The molecule has 0 aliphatic carbocycles. The highest BCUT2D eigenvalue weighted by Gasteiger charge is 2.19. The number of hydrogen-bond donors (Lipinski definition) is 2. The molecule has 0 aromatic rings. The van der Waals surface area contributed by atoms with E-state index in [2.05, 4.69) is 5.32 Å². The molecule has 0 saturated heterocycles. The van der Waals surface area contributed by atoms with E-state index in [0.29, 0.717) is 13.2 Å². The summed E-state index contributed by atoms with van der Waals surface area (Å²) in [7, 11) is 0. The molecule has 1 amide bonds. The lowest BCUT2D eigenvalue weighted by Gasteiger charge is -2.25. The highest BCUT2D eigenvalue weighted by Crippen LogP contribution is 2.06. The molecule has 0 bridgehead atoms. The van der Waals surface area contributed by atoms with Crippen LogP contribution in [0.15, 0.2) is 0 Å². The Bertz CT molecular complexity index is 167. The molecule has 0 aliphatic rings. The van der Waals surface area contributed by atoms with Crippen LogP contribution in [0.1, 0.15) is 27.7 Å². The van der Waals surface area contributed by atoms with Crippen molar-refractivity contribution in [1.29, 1.82) is 0 Å². The van der Waals surface area contributed by atoms with Crippen molar-refractivity contribution in [1.82, 2.24) is 5.32 Å². The number of rotatable bonds is 5. The van der Waals surface area contributed by atoms with Gasteiger partial charge in [-0.1, -0.05) is 0 Å². The van der Waals surface area contributed by atoms with Gasteiger partial charge < -0.3 is 15.8 Å². The molecule has 3 N–H and O–H groups in total. The Hall–Kier alpha value is -0.610. The van der Waals surface area contributed by atoms with Gasteiger partial charge in [0.1, 0.15) is 0 Å². The van der Waals surface area contributed by atoms with Crippen LogP contribution in [0.4, 0.5) is 0 Å². The third-order valence-corrected chi connectivity index (χ3v) is 1.64. The molecule has 78 valence electrons. The predicted molar refractivity (Wildman–Crippen MR) is 52.4 cm³/mol. The van der Waals surface area contributed by atoms with Gasteiger partial charge in [-0.15, -0.1) is 0 Å². The van der Waals surface area contributed by atoms with E-state index in [1.165, 1.54) is 0 Å². The zero-order valence-electron chi connectivity index (χ0n) is 8.89. The maximum atomic E-state index is 11.1. The van der Waals surface area contributed by atoms with Crippen molar-refractivity contribution >= 4 is 5.91 Å². The summed E-state index contributed by atoms with van der Waals surface area (Å²) < 4.78 is 5.40. The van der Waals surface area contributed by atoms with Gasteiger partial charge in [-0.05, 0) is 27.7 Å². The summed E-state index contributed by atoms with van der Waals surface area (Å²) in [5.41, 5.74) is 5.07. The number of hydrogen-bond acceptors (Lipinski definition) is 3. The summed E-state index contributed by atoms with van der Waals surface area (Å²) in [4.78, 5) is 11.1. The molecule has 4 heteroatoms. The van der Waals surface area contributed by atoms with Crippen molar-refractivity contribution in [3.05, 3.63) is 0 Å². The topological polar surface area (TPSA) is 64.3 Å². The van der Waals surface area contributed by atoms with Gasteiger partial charge in [-0.2, -0.15) is 0 Å². The Morgan fingerprint density at radius 3 is 2.54 bits per heavy atom. The zero-order valence-corrected chi connectivity index (χ0v) is 8.89. The average molecular weight is 188 g/mol. The third-order valence-electron chi connectivity index (χ3n) is 1.64. The van der Waals surface area contributed by atoms with Gasteiger partial charge in [0.2, 0.25) is 5.91 Å². The Kier molecular flexibility index (Phi) is 4.95. The fourth-order valence-corrected chi connectivity index (χ4v) is 0.903. The molecule has 0 spiro atoms. The van der Waals surface area contributed by atoms with Crippen LogP contribution in [0.3, 0.4) is 0 Å². The number of ether oxygens (including phenoxy) is 1. The van der Waals surface area contributed by atoms with Gasteiger partial charge in [0, 0.05) is 13.2 Å². The number of carbonyl (C=O) groups excluding carboxylic acids is 1. The van der Waals surface area contributed by atoms with E-state index in [0.717, 1.165) is 0 Å². The Morgan fingerprint density at radius 1 is 1.62 bits per heavy atom. The molecule has 0 saturated carbocycles. The van der Waals surface area contributed by atoms with E-state index in [4.69, 9.17) is 10.5 Å². The molecule has 0 fully saturated rings. The fourth-order valence-electron chi connectivity index (χ4n) is 0.903. The minimum Gasteiger partial charge on any atom is -0.374 e. The summed E-state index contributed by atoms with van der Waals surface area (Å²) in [6, 6.07) is -0.461. The highest BCUT2D eigenvalue weighted by atomic mass is 16.5. The van der Waals surface area contributed by atoms with Crippen LogP contribution in [-0.4, -0.2) is 30.7 Å². The van der Waals surface area contributed by atoms with E-state index in [9.17, 15) is 4.79 Å². The molecule has 0 aliphatic heterocycles. The lowest BCUT2D eigenvalue weighted by molar-refractivity contribution is -0.123. The smallest absolute Gasteiger partial charge is 0.236 e. The number of amides is 1. The van der Waals surface area contributed by atoms with Gasteiger partial charge in [-0.3, -0.25) is 4.79 Å².